The molecule has 10 aromatic rings. The molecule has 8 amide bonds. The predicted octanol–water partition coefficient (Wildman–Crippen LogP) is 20.3. The second kappa shape index (κ2) is 63.6. The van der Waals surface area contributed by atoms with Crippen molar-refractivity contribution in [3.8, 4) is 11.1 Å². The van der Waals surface area contributed by atoms with Crippen LogP contribution in [0.5, 0.6) is 0 Å². The summed E-state index contributed by atoms with van der Waals surface area (Å²) >= 11 is 0. The Hall–Kier alpha value is -1.33. The summed E-state index contributed by atoms with van der Waals surface area (Å²) in [7, 11) is 1.44. The quantitative estimate of drug-likeness (QED) is 0.0136. The van der Waals surface area contributed by atoms with Gasteiger partial charge in [0.1, 0.15) is 0 Å². The van der Waals surface area contributed by atoms with E-state index in [1.807, 2.05) is 119 Å². The summed E-state index contributed by atoms with van der Waals surface area (Å²) in [5.74, 6) is -3.46. The van der Waals surface area contributed by atoms with Crippen molar-refractivity contribution in [1.29, 1.82) is 0 Å². The van der Waals surface area contributed by atoms with Crippen LogP contribution in [0.3, 0.4) is 0 Å². The van der Waals surface area contributed by atoms with Crippen LogP contribution in [0.15, 0.2) is 206 Å². The van der Waals surface area contributed by atoms with Crippen molar-refractivity contribution < 1.29 is 393 Å². The molecular weight excluding hydrogens is 2470 g/mol. The monoisotopic (exact) mass is 2590 g/mol. The van der Waals surface area contributed by atoms with E-state index in [1.165, 1.54) is 72.2 Å². The number of imide groups is 4. The van der Waals surface area contributed by atoms with Gasteiger partial charge in [0.2, 0.25) is 0 Å². The van der Waals surface area contributed by atoms with Crippen LogP contribution < -0.4 is 36.0 Å². The van der Waals surface area contributed by atoms with Crippen molar-refractivity contribution in [3.63, 3.8) is 0 Å². The van der Waals surface area contributed by atoms with Crippen LogP contribution in [0, 0.1) is 29.7 Å². The van der Waals surface area contributed by atoms with Gasteiger partial charge in [0.05, 0.1) is 61.6 Å². The molecule has 4 N–H and O–H groups in total. The molecule has 132 heavy (non-hydrogen) atoms. The van der Waals surface area contributed by atoms with Crippen LogP contribution in [-0.2, 0) is 342 Å². The van der Waals surface area contributed by atoms with Crippen molar-refractivity contribution in [2.24, 2.45) is 0 Å². The number of nitrogens with one attached hydrogen (secondary N) is 4. The third-order valence-corrected chi connectivity index (χ3v) is 32.0. The molecule has 14 rings (SSSR count). The van der Waals surface area contributed by atoms with Gasteiger partial charge in [-0.2, -0.15) is 0 Å². The number of Topliss-reactive ketones (excluding diaryl/α,β-unsaturated/α-hetero) is 4. The molecule has 4 aliphatic rings. The Kier molecular flexibility index (Phi) is 68.2. The minimum absolute atomic E-state index is 0. The number of hydrogen-bond donors (Lipinski definition) is 4. The molecule has 0 aromatic heterocycles. The van der Waals surface area contributed by atoms with Gasteiger partial charge in [-0.1, -0.05) is 99.8 Å². The maximum atomic E-state index is 12.8. The number of benzene rings is 10. The van der Waals surface area contributed by atoms with Crippen molar-refractivity contribution in [3.05, 3.63) is 314 Å². The van der Waals surface area contributed by atoms with Gasteiger partial charge in [0.25, 0.3) is 47.3 Å². The van der Waals surface area contributed by atoms with Crippen LogP contribution in [0.4, 0.5) is 34.1 Å². The van der Waals surface area contributed by atoms with Gasteiger partial charge in [-0.25, -0.2) is 14.7 Å². The maximum absolute atomic E-state index is 12.8. The molecule has 0 spiro atoms. The molecule has 22 nitrogen and oxygen atoms in total. The molecule has 0 fully saturated rings. The van der Waals surface area contributed by atoms with Gasteiger partial charge < -0.3 is 59.2 Å². The molecule has 0 unspecified atom stereocenters. The van der Waals surface area contributed by atoms with Crippen molar-refractivity contribution in [1.82, 2.24) is 10.2 Å². The number of nitrogens with zero attached hydrogens (tertiary/aromatic N) is 4. The number of carbonyl (C=O) groups is 12. The zero-order valence-corrected chi connectivity index (χ0v) is 109. The Balaban J connectivity index is -0.000000386. The second-order valence-electron chi connectivity index (χ2n) is 30.5. The van der Waals surface area contributed by atoms with Gasteiger partial charge in [0.15, 0.2) is 39.8 Å². The second-order valence-corrected chi connectivity index (χ2v) is 42.9. The first-order valence-corrected chi connectivity index (χ1v) is 47.3. The topological polar surface area (TPSA) is 284 Å². The first kappa shape index (κ1) is 141. The van der Waals surface area contributed by atoms with E-state index in [-0.39, 0.29) is 441 Å². The molecule has 10 radical (unpaired) electrons. The summed E-state index contributed by atoms with van der Waals surface area (Å²) in [6.07, 6.45) is 2.56. The fourth-order valence-corrected chi connectivity index (χ4v) is 28.6. The maximum Gasteiger partial charge on any atom is 0.311 e. The number of rotatable bonds is 25. The zero-order valence-electron chi connectivity index (χ0n) is 77.4. The van der Waals surface area contributed by atoms with Crippen molar-refractivity contribution >= 4 is 140 Å². The average molecular weight is 2590 g/mol. The minimum atomic E-state index is -2.29. The Bertz CT molecular complexity index is 5650. The smallest absolute Gasteiger partial charge is 0.311 e. The molecule has 672 valence electrons. The number of amides is 8. The summed E-state index contributed by atoms with van der Waals surface area (Å²) in [6, 6.07) is 62.7. The molecule has 0 saturated heterocycles. The Morgan fingerprint density at radius 3 is 0.939 bits per heavy atom. The number of carbonyl (C=O) groups excluding carboxylic acids is 12. The third kappa shape index (κ3) is 35.3. The molecule has 0 atom stereocenters. The van der Waals surface area contributed by atoms with Crippen LogP contribution in [0.2, 0.25) is 51.4 Å². The fraction of sp³-hybridized carbons (Fsp3) is 0.237. The van der Waals surface area contributed by atoms with Gasteiger partial charge in [-0.05, 0) is 266 Å². The number of fused-ring (bicyclic) bond motifs is 5. The molecule has 0 bridgehead atoms. The van der Waals surface area contributed by atoms with E-state index in [0.29, 0.717) is 80.1 Å². The van der Waals surface area contributed by atoms with E-state index in [1.54, 1.807) is 78.9 Å². The molecule has 4 heterocycles. The first-order valence-electron chi connectivity index (χ1n) is 38.3. The van der Waals surface area contributed by atoms with E-state index in [9.17, 15) is 57.5 Å². The van der Waals surface area contributed by atoms with Crippen molar-refractivity contribution in [2.45, 2.75) is 113 Å². The van der Waals surface area contributed by atoms with E-state index in [4.69, 9.17) is 8.23 Å². The van der Waals surface area contributed by atoms with Crippen molar-refractivity contribution in [2.75, 3.05) is 71.9 Å². The molecular formula is C97H114N8O14Si3Y10-4. The third-order valence-electron chi connectivity index (χ3n) is 20.5. The molecule has 0 saturated carbocycles. The van der Waals surface area contributed by atoms with Gasteiger partial charge in [-0.3, -0.25) is 62.4 Å². The Morgan fingerprint density at radius 1 is 0.311 bits per heavy atom. The van der Waals surface area contributed by atoms with Crippen LogP contribution >= 0.6 is 0 Å². The number of hydrogen-bond acceptors (Lipinski definition) is 18. The van der Waals surface area contributed by atoms with Crippen LogP contribution in [0.25, 0.3) is 21.9 Å². The normalized spacial score (nSPS) is 11.8. The summed E-state index contributed by atoms with van der Waals surface area (Å²) in [4.78, 5) is 153. The predicted molar refractivity (Wildman–Crippen MR) is 501 cm³/mol. The van der Waals surface area contributed by atoms with E-state index >= 15 is 0 Å². The summed E-state index contributed by atoms with van der Waals surface area (Å²) in [6.45, 7) is 20.3. The summed E-state index contributed by atoms with van der Waals surface area (Å²) in [5, 5.41) is 14.4. The largest absolute Gasteiger partial charge is 0.437 e. The Morgan fingerprint density at radius 2 is 0.583 bits per heavy atom. The Labute approximate surface area is 1040 Å². The van der Waals surface area contributed by atoms with Gasteiger partial charge >= 0.3 is 8.56 Å². The van der Waals surface area contributed by atoms with Crippen LogP contribution in [0.1, 0.15) is 191 Å². The van der Waals surface area contributed by atoms with Crippen LogP contribution in [-0.4, -0.2) is 142 Å². The van der Waals surface area contributed by atoms with E-state index in [2.05, 4.69) is 72.7 Å². The molecule has 4 aliphatic heterocycles. The summed E-state index contributed by atoms with van der Waals surface area (Å²) in [5.41, 5.74) is 13.1. The molecule has 35 heteroatoms. The average Bonchev–Trinajstić information content (AvgIpc) is 1.63. The number of anilines is 6. The van der Waals surface area contributed by atoms with E-state index in [0.717, 1.165) is 80.9 Å². The fourth-order valence-electron chi connectivity index (χ4n) is 14.6. The SMILES string of the molecule is C.C.CNCCC[Si](C)(C)O[Si](C)(C)O[Si](C)(C)CCCN1C(=O)c2ccc(C(C)=O)cc2C1=O.CNc1ccc(-c2ccc(N3C(=O)c4ccc(C(C)=O)cc4C3=O)cc2)cc1.CNc1ccc(Cc2ccc(N3C(=O)c4ccc(C(C)=O)cc4C3=O)cc2)cc1.CNc1ccc2cc(N3C(=O)c4ccc(C(C)=O)cc4C3=O)ccc2c1.[CH3-].[CH3-].[CH3-].[CH3-].[Y].[Y].[Y].[Y].[Y].[Y].[Y].[Y].[Y].[Y]. The number of ketones is 4. The van der Waals surface area contributed by atoms with Gasteiger partial charge in [-0.15, -0.1) is 0 Å². The standard InChI is InChI=1S/C24H20N2O3.C23H40N2O5Si3.C23H18N2O3.C21H16N2O3.2CH4.4CH3.10Y/c1-15(27)18-7-12-21-22(14-18)24(29)26(23(21)28)20-10-5-17(6-11-20)13-16-3-8-19(25-2)9-4-16;1-18(26)19-11-12-20-21(17-19)23(28)25(22(20)27)14-10-16-32(5,6)30-33(7,8)29-31(3,4)15-9-13-24-2;1-14(26)17-7-12-20-21(13-17)23(28)25(22(20)27)19-10-5-16(6-11-19)15-3-8-18(24-2)9-4-15;1-12(24)13-5-8-18-19(11-13)21(26)23(20(18)25)17-7-4-14-9-16(22-2)6-3-15(14)10-17;;;;;;;;;;;;;;;;/h3-12,14,25H,13H2,1-2H3;11-12,17,24H,9-10,13-16H2,1-8H3;3-13,24H,1-2H3;3-11,22H,1-2H3;2*1H4;4*1H3;;;;;;;;;;/q;;;;;;4*-1;;;;;;;;;;. The first-order chi connectivity index (χ1) is 55.1. The van der Waals surface area contributed by atoms with Gasteiger partial charge in [0, 0.05) is 394 Å². The molecule has 0 aliphatic carbocycles. The summed E-state index contributed by atoms with van der Waals surface area (Å²) < 4.78 is 13.2. The zero-order chi connectivity index (χ0) is 83.8. The molecule has 10 aromatic carbocycles. The van der Waals surface area contributed by atoms with E-state index < -0.39 is 42.9 Å². The minimum Gasteiger partial charge on any atom is -0.437 e.